The van der Waals surface area contributed by atoms with Crippen molar-refractivity contribution in [1.29, 1.82) is 0 Å². The predicted octanol–water partition coefficient (Wildman–Crippen LogP) is 1.24. The molecule has 1 aliphatic rings. The first-order valence-corrected chi connectivity index (χ1v) is 7.41. The summed E-state index contributed by atoms with van der Waals surface area (Å²) in [6.45, 7) is -0.536. The van der Waals surface area contributed by atoms with Gasteiger partial charge in [0.15, 0.2) is 6.61 Å². The van der Waals surface area contributed by atoms with Crippen LogP contribution in [-0.4, -0.2) is 32.1 Å². The SMILES string of the molecule is O=C(O)COc1ccc(S(=O)(=O)NC2CC2)cc1Cl. The lowest BCUT2D eigenvalue weighted by Crippen LogP contribution is -2.25. The molecule has 8 heteroatoms. The second-order valence-corrected chi connectivity index (χ2v) is 6.29. The highest BCUT2D eigenvalue weighted by Gasteiger charge is 2.28. The van der Waals surface area contributed by atoms with E-state index in [4.69, 9.17) is 21.4 Å². The Kier molecular flexibility index (Phi) is 3.98. The van der Waals surface area contributed by atoms with E-state index in [1.54, 1.807) is 0 Å². The molecule has 1 aliphatic carbocycles. The van der Waals surface area contributed by atoms with Gasteiger partial charge < -0.3 is 9.84 Å². The Balaban J connectivity index is 2.15. The monoisotopic (exact) mass is 305 g/mol. The molecule has 0 spiro atoms. The second-order valence-electron chi connectivity index (χ2n) is 4.17. The molecular weight excluding hydrogens is 294 g/mol. The highest BCUT2D eigenvalue weighted by atomic mass is 35.5. The van der Waals surface area contributed by atoms with Gasteiger partial charge in [-0.1, -0.05) is 11.6 Å². The molecule has 0 saturated heterocycles. The van der Waals surface area contributed by atoms with Gasteiger partial charge in [-0.05, 0) is 31.0 Å². The summed E-state index contributed by atoms with van der Waals surface area (Å²) in [4.78, 5) is 10.4. The third kappa shape index (κ3) is 3.82. The summed E-state index contributed by atoms with van der Waals surface area (Å²) < 4.78 is 31.2. The Hall–Kier alpha value is -1.31. The molecule has 1 fully saturated rings. The normalized spacial score (nSPS) is 15.2. The molecular formula is C11H12ClNO5S. The van der Waals surface area contributed by atoms with Crippen LogP contribution in [-0.2, 0) is 14.8 Å². The van der Waals surface area contributed by atoms with Gasteiger partial charge in [0.1, 0.15) is 5.75 Å². The fourth-order valence-corrected chi connectivity index (χ4v) is 3.02. The number of benzene rings is 1. The van der Waals surface area contributed by atoms with Crippen molar-refractivity contribution in [3.05, 3.63) is 23.2 Å². The number of nitrogens with one attached hydrogen (secondary N) is 1. The quantitative estimate of drug-likeness (QED) is 0.825. The van der Waals surface area contributed by atoms with E-state index >= 15 is 0 Å². The molecule has 104 valence electrons. The maximum atomic E-state index is 11.9. The van der Waals surface area contributed by atoms with Crippen LogP contribution in [0.4, 0.5) is 0 Å². The van der Waals surface area contributed by atoms with Gasteiger partial charge in [-0.25, -0.2) is 17.9 Å². The summed E-state index contributed by atoms with van der Waals surface area (Å²) in [5.74, 6) is -1.00. The number of hydrogen-bond acceptors (Lipinski definition) is 4. The molecule has 6 nitrogen and oxygen atoms in total. The van der Waals surface area contributed by atoms with E-state index in [2.05, 4.69) is 4.72 Å². The number of aliphatic carboxylic acids is 1. The summed E-state index contributed by atoms with van der Waals surface area (Å²) in [7, 11) is -3.57. The lowest BCUT2D eigenvalue weighted by atomic mass is 10.3. The molecule has 2 N–H and O–H groups in total. The van der Waals surface area contributed by atoms with Crippen LogP contribution in [0.3, 0.4) is 0 Å². The fourth-order valence-electron chi connectivity index (χ4n) is 1.39. The van der Waals surface area contributed by atoms with Gasteiger partial charge in [0.2, 0.25) is 10.0 Å². The molecule has 0 atom stereocenters. The Morgan fingerprint density at radius 3 is 2.68 bits per heavy atom. The first-order chi connectivity index (χ1) is 8.88. The Labute approximate surface area is 115 Å². The molecule has 0 heterocycles. The minimum atomic E-state index is -3.57. The van der Waals surface area contributed by atoms with E-state index in [9.17, 15) is 13.2 Å². The predicted molar refractivity (Wildman–Crippen MR) is 67.9 cm³/mol. The van der Waals surface area contributed by atoms with Gasteiger partial charge in [0.25, 0.3) is 0 Å². The average Bonchev–Trinajstić information content (AvgIpc) is 3.10. The highest BCUT2D eigenvalue weighted by Crippen LogP contribution is 2.28. The number of carboxylic acids is 1. The number of halogens is 1. The Morgan fingerprint density at radius 2 is 2.16 bits per heavy atom. The standard InChI is InChI=1S/C11H12ClNO5S/c12-9-5-8(19(16,17)13-7-1-2-7)3-4-10(9)18-6-11(14)15/h3-5,7,13H,1-2,6H2,(H,14,15). The first-order valence-electron chi connectivity index (χ1n) is 5.55. The minimum absolute atomic E-state index is 0.00622. The maximum absolute atomic E-state index is 11.9. The van der Waals surface area contributed by atoms with Crippen LogP contribution in [0.5, 0.6) is 5.75 Å². The highest BCUT2D eigenvalue weighted by molar-refractivity contribution is 7.89. The summed E-state index contributed by atoms with van der Waals surface area (Å²) in [5, 5.41) is 8.54. The molecule has 1 saturated carbocycles. The zero-order valence-electron chi connectivity index (χ0n) is 9.80. The molecule has 0 aliphatic heterocycles. The number of carbonyl (C=O) groups is 1. The van der Waals surface area contributed by atoms with Crippen LogP contribution in [0.2, 0.25) is 5.02 Å². The van der Waals surface area contributed by atoms with Crippen molar-refractivity contribution in [2.24, 2.45) is 0 Å². The first kappa shape index (κ1) is 14.1. The van der Waals surface area contributed by atoms with Gasteiger partial charge in [0, 0.05) is 6.04 Å². The van der Waals surface area contributed by atoms with Gasteiger partial charge in [-0.3, -0.25) is 0 Å². The van der Waals surface area contributed by atoms with Crippen LogP contribution in [0, 0.1) is 0 Å². The lowest BCUT2D eigenvalue weighted by Gasteiger charge is -2.09. The number of hydrogen-bond donors (Lipinski definition) is 2. The molecule has 0 bridgehead atoms. The topological polar surface area (TPSA) is 92.7 Å². The van der Waals surface area contributed by atoms with Crippen molar-refractivity contribution in [2.75, 3.05) is 6.61 Å². The van der Waals surface area contributed by atoms with Crippen LogP contribution < -0.4 is 9.46 Å². The van der Waals surface area contributed by atoms with E-state index in [1.165, 1.54) is 18.2 Å². The largest absolute Gasteiger partial charge is 0.480 e. The third-order valence-corrected chi connectivity index (χ3v) is 4.28. The number of sulfonamides is 1. The molecule has 1 aromatic rings. The van der Waals surface area contributed by atoms with Crippen LogP contribution in [0.1, 0.15) is 12.8 Å². The number of ether oxygens (including phenoxy) is 1. The molecule has 0 unspecified atom stereocenters. The van der Waals surface area contributed by atoms with E-state index in [0.717, 1.165) is 12.8 Å². The average molecular weight is 306 g/mol. The second kappa shape index (κ2) is 5.36. The Morgan fingerprint density at radius 1 is 1.47 bits per heavy atom. The van der Waals surface area contributed by atoms with Crippen molar-refractivity contribution in [3.63, 3.8) is 0 Å². The zero-order chi connectivity index (χ0) is 14.0. The summed E-state index contributed by atoms with van der Waals surface area (Å²) in [6, 6.07) is 3.91. The van der Waals surface area contributed by atoms with Crippen molar-refractivity contribution in [1.82, 2.24) is 4.72 Å². The molecule has 0 amide bonds. The van der Waals surface area contributed by atoms with Gasteiger partial charge in [-0.15, -0.1) is 0 Å². The van der Waals surface area contributed by atoms with Crippen molar-refractivity contribution in [2.45, 2.75) is 23.8 Å². The summed E-state index contributed by atoms with van der Waals surface area (Å²) >= 11 is 5.86. The molecule has 0 aromatic heterocycles. The van der Waals surface area contributed by atoms with Crippen LogP contribution in [0.15, 0.2) is 23.1 Å². The van der Waals surface area contributed by atoms with Crippen LogP contribution >= 0.6 is 11.6 Å². The van der Waals surface area contributed by atoms with Crippen molar-refractivity contribution < 1.29 is 23.1 Å². The van der Waals surface area contributed by atoms with Crippen LogP contribution in [0.25, 0.3) is 0 Å². The number of carboxylic acid groups (broad SMARTS) is 1. The summed E-state index contributed by atoms with van der Waals surface area (Å²) in [6.07, 6.45) is 1.68. The minimum Gasteiger partial charge on any atom is -0.480 e. The lowest BCUT2D eigenvalue weighted by molar-refractivity contribution is -0.139. The third-order valence-electron chi connectivity index (χ3n) is 2.46. The van der Waals surface area contributed by atoms with Crippen molar-refractivity contribution >= 4 is 27.6 Å². The van der Waals surface area contributed by atoms with E-state index in [1.807, 2.05) is 0 Å². The smallest absolute Gasteiger partial charge is 0.341 e. The molecule has 1 aromatic carbocycles. The Bertz CT molecular complexity index is 597. The van der Waals surface area contributed by atoms with Gasteiger partial charge in [0.05, 0.1) is 9.92 Å². The fraction of sp³-hybridized carbons (Fsp3) is 0.364. The van der Waals surface area contributed by atoms with Gasteiger partial charge in [-0.2, -0.15) is 0 Å². The number of rotatable bonds is 6. The summed E-state index contributed by atoms with van der Waals surface area (Å²) in [5.41, 5.74) is 0. The molecule has 2 rings (SSSR count). The van der Waals surface area contributed by atoms with E-state index < -0.39 is 22.6 Å². The molecule has 0 radical (unpaired) electrons. The van der Waals surface area contributed by atoms with Gasteiger partial charge >= 0.3 is 5.97 Å². The van der Waals surface area contributed by atoms with Crippen molar-refractivity contribution in [3.8, 4) is 5.75 Å². The maximum Gasteiger partial charge on any atom is 0.341 e. The zero-order valence-corrected chi connectivity index (χ0v) is 11.4. The van der Waals surface area contributed by atoms with E-state index in [-0.39, 0.29) is 21.7 Å². The molecule has 19 heavy (non-hydrogen) atoms. The van der Waals surface area contributed by atoms with E-state index in [0.29, 0.717) is 0 Å².